The Balaban J connectivity index is 2.13. The minimum Gasteiger partial charge on any atom is -0.468 e. The first-order valence-electron chi connectivity index (χ1n) is 10.3. The third kappa shape index (κ3) is 3.95. The molecule has 1 aliphatic heterocycles. The van der Waals surface area contributed by atoms with Crippen molar-refractivity contribution in [3.8, 4) is 0 Å². The molecule has 0 saturated heterocycles. The van der Waals surface area contributed by atoms with E-state index in [0.717, 1.165) is 15.5 Å². The maximum Gasteiger partial charge on any atom is 0.337 e. The van der Waals surface area contributed by atoms with Gasteiger partial charge in [-0.3, -0.25) is 9.59 Å². The Morgan fingerprint density at radius 2 is 2.00 bits per heavy atom. The zero-order valence-electron chi connectivity index (χ0n) is 18.3. The first-order chi connectivity index (χ1) is 14.2. The van der Waals surface area contributed by atoms with Crippen LogP contribution in [0.5, 0.6) is 0 Å². The predicted molar refractivity (Wildman–Crippen MR) is 115 cm³/mol. The van der Waals surface area contributed by atoms with Crippen LogP contribution in [-0.4, -0.2) is 30.9 Å². The first-order valence-corrected chi connectivity index (χ1v) is 11.1. The summed E-state index contributed by atoms with van der Waals surface area (Å²) in [5.41, 5.74) is 2.38. The SMILES string of the molecule is CC[C@@H](C)OC(=O)C1=C(C)NC2=C(C(=O)[C@H](C(=O)OC)[C@@H](C)C2)[C@@H]1c1ccc(C)s1. The van der Waals surface area contributed by atoms with E-state index in [1.54, 1.807) is 11.3 Å². The molecule has 1 aliphatic carbocycles. The molecule has 0 saturated carbocycles. The number of carbonyl (C=O) groups is 3. The van der Waals surface area contributed by atoms with Crippen LogP contribution in [0.4, 0.5) is 0 Å². The fraction of sp³-hybridized carbons (Fsp3) is 0.522. The minimum absolute atomic E-state index is 0.191. The molecule has 4 atom stereocenters. The molecule has 0 radical (unpaired) electrons. The van der Waals surface area contributed by atoms with E-state index >= 15 is 0 Å². The summed E-state index contributed by atoms with van der Waals surface area (Å²) in [6, 6.07) is 3.92. The van der Waals surface area contributed by atoms with Gasteiger partial charge in [0.15, 0.2) is 5.78 Å². The molecule has 30 heavy (non-hydrogen) atoms. The molecule has 0 amide bonds. The highest BCUT2D eigenvalue weighted by Crippen LogP contribution is 2.47. The van der Waals surface area contributed by atoms with E-state index < -0.39 is 23.8 Å². The maximum atomic E-state index is 13.5. The highest BCUT2D eigenvalue weighted by Gasteiger charge is 2.47. The lowest BCUT2D eigenvalue weighted by Crippen LogP contribution is -2.43. The predicted octanol–water partition coefficient (Wildman–Crippen LogP) is 4.01. The van der Waals surface area contributed by atoms with Gasteiger partial charge in [-0.2, -0.15) is 0 Å². The normalized spacial score (nSPS) is 24.9. The molecule has 2 aliphatic rings. The van der Waals surface area contributed by atoms with Crippen molar-refractivity contribution < 1.29 is 23.9 Å². The lowest BCUT2D eigenvalue weighted by atomic mass is 9.70. The second kappa shape index (κ2) is 8.76. The molecule has 0 aromatic carbocycles. The molecular weight excluding hydrogens is 402 g/mol. The number of nitrogens with one attached hydrogen (secondary N) is 1. The Hall–Kier alpha value is -2.41. The maximum absolute atomic E-state index is 13.5. The van der Waals surface area contributed by atoms with Crippen LogP contribution >= 0.6 is 11.3 Å². The Morgan fingerprint density at radius 3 is 2.57 bits per heavy atom. The van der Waals surface area contributed by atoms with E-state index in [1.807, 2.05) is 46.8 Å². The molecule has 162 valence electrons. The number of carbonyl (C=O) groups excluding carboxylic acids is 3. The van der Waals surface area contributed by atoms with Crippen molar-refractivity contribution >= 4 is 29.1 Å². The molecule has 2 heterocycles. The smallest absolute Gasteiger partial charge is 0.337 e. The van der Waals surface area contributed by atoms with E-state index in [4.69, 9.17) is 9.47 Å². The standard InChI is InChI=1S/C23H29NO5S/c1-7-12(3)29-23(27)18-14(5)24-15-10-11(2)17(22(26)28-6)21(25)19(15)20(18)16-9-8-13(4)30-16/h8-9,11-12,17,20,24H,7,10H2,1-6H3/t11-,12+,17+,20+/m0/s1. The van der Waals surface area contributed by atoms with Crippen molar-refractivity contribution in [2.75, 3.05) is 7.11 Å². The number of ether oxygens (including phenoxy) is 2. The Bertz CT molecular complexity index is 941. The molecule has 7 heteroatoms. The van der Waals surface area contributed by atoms with Crippen molar-refractivity contribution in [1.29, 1.82) is 0 Å². The molecule has 0 spiro atoms. The minimum atomic E-state index is -0.871. The second-order valence-electron chi connectivity index (χ2n) is 8.11. The van der Waals surface area contributed by atoms with Crippen molar-refractivity contribution in [2.45, 2.75) is 59.5 Å². The van der Waals surface area contributed by atoms with Crippen LogP contribution in [0.1, 0.15) is 56.2 Å². The monoisotopic (exact) mass is 431 g/mol. The van der Waals surface area contributed by atoms with E-state index in [2.05, 4.69) is 5.32 Å². The fourth-order valence-corrected chi connectivity index (χ4v) is 5.17. The molecule has 0 bridgehead atoms. The van der Waals surface area contributed by atoms with Crippen molar-refractivity contribution in [3.63, 3.8) is 0 Å². The molecular formula is C23H29NO5S. The van der Waals surface area contributed by atoms with Crippen molar-refractivity contribution in [2.24, 2.45) is 11.8 Å². The molecule has 1 aromatic rings. The lowest BCUT2D eigenvalue weighted by molar-refractivity contribution is -0.151. The number of Topliss-reactive ketones (excluding diaryl/α,β-unsaturated/α-hetero) is 1. The quantitative estimate of drug-likeness (QED) is 0.560. The Kier molecular flexibility index (Phi) is 6.50. The van der Waals surface area contributed by atoms with Crippen LogP contribution in [0.15, 0.2) is 34.7 Å². The Morgan fingerprint density at radius 1 is 1.30 bits per heavy atom. The summed E-state index contributed by atoms with van der Waals surface area (Å²) in [7, 11) is 1.30. The van der Waals surface area contributed by atoms with Gasteiger partial charge in [-0.05, 0) is 51.7 Å². The lowest BCUT2D eigenvalue weighted by Gasteiger charge is -2.38. The second-order valence-corrected chi connectivity index (χ2v) is 9.43. The topological polar surface area (TPSA) is 81.7 Å². The van der Waals surface area contributed by atoms with Crippen LogP contribution in [0, 0.1) is 18.8 Å². The van der Waals surface area contributed by atoms with Gasteiger partial charge < -0.3 is 14.8 Å². The van der Waals surface area contributed by atoms with Gasteiger partial charge in [0.2, 0.25) is 0 Å². The largest absolute Gasteiger partial charge is 0.468 e. The summed E-state index contributed by atoms with van der Waals surface area (Å²) < 4.78 is 10.6. The molecule has 6 nitrogen and oxygen atoms in total. The highest BCUT2D eigenvalue weighted by atomic mass is 32.1. The number of rotatable bonds is 5. The van der Waals surface area contributed by atoms with Gasteiger partial charge in [-0.25, -0.2) is 4.79 Å². The number of methoxy groups -OCH3 is 1. The number of allylic oxidation sites excluding steroid dienone is 3. The number of thiophene rings is 1. The zero-order chi connectivity index (χ0) is 22.2. The number of hydrogen-bond donors (Lipinski definition) is 1. The molecule has 0 fully saturated rings. The summed E-state index contributed by atoms with van der Waals surface area (Å²) >= 11 is 1.54. The van der Waals surface area contributed by atoms with Gasteiger partial charge in [0.25, 0.3) is 0 Å². The highest BCUT2D eigenvalue weighted by molar-refractivity contribution is 7.12. The number of esters is 2. The van der Waals surface area contributed by atoms with E-state index in [9.17, 15) is 14.4 Å². The zero-order valence-corrected chi connectivity index (χ0v) is 19.1. The summed E-state index contributed by atoms with van der Waals surface area (Å²) in [6.07, 6.45) is 0.999. The summed E-state index contributed by atoms with van der Waals surface area (Å²) in [5.74, 6) is -2.86. The summed E-state index contributed by atoms with van der Waals surface area (Å²) in [4.78, 5) is 41.1. The third-order valence-corrected chi connectivity index (χ3v) is 6.96. The average molecular weight is 432 g/mol. The third-order valence-electron chi connectivity index (χ3n) is 5.89. The number of aryl methyl sites for hydroxylation is 1. The van der Waals surface area contributed by atoms with Crippen LogP contribution in [0.25, 0.3) is 0 Å². The number of dihydropyridines is 1. The van der Waals surface area contributed by atoms with Gasteiger partial charge in [-0.1, -0.05) is 13.8 Å². The van der Waals surface area contributed by atoms with E-state index in [1.165, 1.54) is 7.11 Å². The summed E-state index contributed by atoms with van der Waals surface area (Å²) in [6.45, 7) is 9.50. The van der Waals surface area contributed by atoms with Crippen LogP contribution in [-0.2, 0) is 23.9 Å². The van der Waals surface area contributed by atoms with Gasteiger partial charge in [0.05, 0.1) is 24.7 Å². The van der Waals surface area contributed by atoms with Gasteiger partial charge in [-0.15, -0.1) is 11.3 Å². The van der Waals surface area contributed by atoms with Gasteiger partial charge in [0.1, 0.15) is 5.92 Å². The van der Waals surface area contributed by atoms with E-state index in [0.29, 0.717) is 29.7 Å². The van der Waals surface area contributed by atoms with Gasteiger partial charge >= 0.3 is 11.9 Å². The van der Waals surface area contributed by atoms with Crippen molar-refractivity contribution in [1.82, 2.24) is 5.32 Å². The van der Waals surface area contributed by atoms with Gasteiger partial charge in [0, 0.05) is 26.7 Å². The molecule has 0 unspecified atom stereocenters. The molecule has 1 aromatic heterocycles. The average Bonchev–Trinajstić information content (AvgIpc) is 3.12. The summed E-state index contributed by atoms with van der Waals surface area (Å²) in [5, 5.41) is 3.28. The van der Waals surface area contributed by atoms with Crippen molar-refractivity contribution in [3.05, 3.63) is 44.4 Å². The van der Waals surface area contributed by atoms with Crippen LogP contribution in [0.3, 0.4) is 0 Å². The molecule has 3 rings (SSSR count). The molecule has 1 N–H and O–H groups in total. The number of hydrogen-bond acceptors (Lipinski definition) is 7. The van der Waals surface area contributed by atoms with Crippen LogP contribution < -0.4 is 5.32 Å². The first kappa shape index (κ1) is 22.3. The van der Waals surface area contributed by atoms with E-state index in [-0.39, 0.29) is 17.8 Å². The Labute approximate surface area is 181 Å². The van der Waals surface area contributed by atoms with Crippen LogP contribution in [0.2, 0.25) is 0 Å². The fourth-order valence-electron chi connectivity index (χ4n) is 4.17. The number of ketones is 1.